The van der Waals surface area contributed by atoms with Crippen LogP contribution in [0.1, 0.15) is 35.5 Å². The minimum absolute atomic E-state index is 0.0444. The molecular formula is C32H29N5OS. The molecule has 2 atom stereocenters. The first-order valence-electron chi connectivity index (χ1n) is 13.1. The van der Waals surface area contributed by atoms with Crippen molar-refractivity contribution < 1.29 is 4.79 Å². The molecule has 6 nitrogen and oxygen atoms in total. The quantitative estimate of drug-likeness (QED) is 0.240. The van der Waals surface area contributed by atoms with Gasteiger partial charge in [-0.05, 0) is 77.9 Å². The van der Waals surface area contributed by atoms with Crippen LogP contribution in [-0.4, -0.2) is 32.0 Å². The number of carbonyl (C=O) groups excluding carboxylic acids is 1. The number of pyridine rings is 1. The third-order valence-corrected chi connectivity index (χ3v) is 7.64. The Morgan fingerprint density at radius 2 is 1.74 bits per heavy atom. The fourth-order valence-electron chi connectivity index (χ4n) is 5.31. The first-order valence-corrected chi connectivity index (χ1v) is 13.5. The van der Waals surface area contributed by atoms with Gasteiger partial charge in [0.15, 0.2) is 5.11 Å². The van der Waals surface area contributed by atoms with Crippen molar-refractivity contribution in [2.24, 2.45) is 0 Å². The summed E-state index contributed by atoms with van der Waals surface area (Å²) in [5.41, 5.74) is 4.92. The van der Waals surface area contributed by atoms with E-state index in [1.807, 2.05) is 49.4 Å². The number of amides is 1. The number of nitrogens with zero attached hydrogens (tertiary/aromatic N) is 3. The zero-order chi connectivity index (χ0) is 26.8. The summed E-state index contributed by atoms with van der Waals surface area (Å²) in [4.78, 5) is 19.7. The van der Waals surface area contributed by atoms with Crippen LogP contribution in [0.15, 0.2) is 109 Å². The molecule has 0 aliphatic carbocycles. The van der Waals surface area contributed by atoms with Crippen LogP contribution in [0.2, 0.25) is 0 Å². The predicted octanol–water partition coefficient (Wildman–Crippen LogP) is 6.34. The largest absolute Gasteiger partial charge is 0.352 e. The van der Waals surface area contributed by atoms with Crippen LogP contribution in [0.25, 0.3) is 16.5 Å². The van der Waals surface area contributed by atoms with Gasteiger partial charge >= 0.3 is 0 Å². The summed E-state index contributed by atoms with van der Waals surface area (Å²) in [5, 5.41) is 9.55. The summed E-state index contributed by atoms with van der Waals surface area (Å²) in [6.45, 7) is 2.46. The SMILES string of the molecule is Cc1ccccc1NC(=O)CCN1C(=S)N[C@H](c2ccccn2)[C@H]1c1cccn1-c1ccc2ccccc2c1. The molecule has 1 aliphatic rings. The number of anilines is 1. The maximum Gasteiger partial charge on any atom is 0.226 e. The van der Waals surface area contributed by atoms with Crippen molar-refractivity contribution in [3.63, 3.8) is 0 Å². The highest BCUT2D eigenvalue weighted by atomic mass is 32.1. The van der Waals surface area contributed by atoms with Gasteiger partial charge in [0.2, 0.25) is 5.91 Å². The second kappa shape index (κ2) is 10.7. The Kier molecular flexibility index (Phi) is 6.82. The Balaban J connectivity index is 1.33. The average Bonchev–Trinajstić information content (AvgIpc) is 3.57. The standard InChI is InChI=1S/C32H29N5OS/c1-22-9-2-5-12-26(22)34-29(38)17-20-37-31(30(35-32(37)39)27-13-6-7-18-33-27)28-14-8-19-36(28)25-16-15-23-10-3-4-11-24(23)21-25/h2-16,18-19,21,30-31H,17,20H2,1H3,(H,34,38)(H,35,39)/t30-,31-/m1/s1. The number of rotatable bonds is 7. The van der Waals surface area contributed by atoms with Gasteiger partial charge in [-0.15, -0.1) is 0 Å². The molecule has 0 radical (unpaired) electrons. The Bertz CT molecular complexity index is 1650. The first kappa shape index (κ1) is 24.8. The van der Waals surface area contributed by atoms with Crippen LogP contribution in [-0.2, 0) is 4.79 Å². The molecular weight excluding hydrogens is 502 g/mol. The predicted molar refractivity (Wildman–Crippen MR) is 160 cm³/mol. The lowest BCUT2D eigenvalue weighted by Gasteiger charge is -2.29. The average molecular weight is 532 g/mol. The van der Waals surface area contributed by atoms with E-state index in [9.17, 15) is 4.79 Å². The molecule has 194 valence electrons. The molecule has 0 unspecified atom stereocenters. The van der Waals surface area contributed by atoms with E-state index in [2.05, 4.69) is 85.9 Å². The third kappa shape index (κ3) is 5.01. The highest BCUT2D eigenvalue weighted by Crippen LogP contribution is 2.39. The zero-order valence-corrected chi connectivity index (χ0v) is 22.4. The molecule has 2 N–H and O–H groups in total. The van der Waals surface area contributed by atoms with Crippen molar-refractivity contribution >= 4 is 39.7 Å². The molecule has 1 saturated heterocycles. The van der Waals surface area contributed by atoms with E-state index >= 15 is 0 Å². The number of benzene rings is 3. The van der Waals surface area contributed by atoms with Gasteiger partial charge in [0, 0.05) is 42.4 Å². The van der Waals surface area contributed by atoms with Gasteiger partial charge in [-0.3, -0.25) is 9.78 Å². The Labute approximate surface area is 233 Å². The lowest BCUT2D eigenvalue weighted by Crippen LogP contribution is -2.33. The van der Waals surface area contributed by atoms with Crippen molar-refractivity contribution in [2.75, 3.05) is 11.9 Å². The fourth-order valence-corrected chi connectivity index (χ4v) is 5.64. The molecule has 39 heavy (non-hydrogen) atoms. The molecule has 7 heteroatoms. The number of aryl methyl sites for hydroxylation is 1. The Hall–Kier alpha value is -4.49. The van der Waals surface area contributed by atoms with E-state index in [-0.39, 0.29) is 18.0 Å². The van der Waals surface area contributed by atoms with Gasteiger partial charge in [0.25, 0.3) is 0 Å². The molecule has 5 aromatic rings. The van der Waals surface area contributed by atoms with Crippen molar-refractivity contribution in [1.29, 1.82) is 0 Å². The number of hydrogen-bond acceptors (Lipinski definition) is 3. The molecule has 0 saturated carbocycles. The van der Waals surface area contributed by atoms with E-state index in [4.69, 9.17) is 12.2 Å². The molecule has 0 bridgehead atoms. The van der Waals surface area contributed by atoms with Crippen molar-refractivity contribution in [2.45, 2.75) is 25.4 Å². The summed E-state index contributed by atoms with van der Waals surface area (Å²) in [6.07, 6.45) is 4.19. The Morgan fingerprint density at radius 3 is 2.56 bits per heavy atom. The Morgan fingerprint density at radius 1 is 0.949 bits per heavy atom. The van der Waals surface area contributed by atoms with Gasteiger partial charge < -0.3 is 20.1 Å². The summed E-state index contributed by atoms with van der Waals surface area (Å²) in [7, 11) is 0. The number of thiocarbonyl (C=S) groups is 1. The van der Waals surface area contributed by atoms with Gasteiger partial charge in [-0.2, -0.15) is 0 Å². The summed E-state index contributed by atoms with van der Waals surface area (Å²) < 4.78 is 2.21. The molecule has 1 amide bonds. The number of para-hydroxylation sites is 1. The van der Waals surface area contributed by atoms with Crippen molar-refractivity contribution in [3.8, 4) is 5.69 Å². The lowest BCUT2D eigenvalue weighted by atomic mass is 10.0. The second-order valence-corrected chi connectivity index (χ2v) is 10.2. The highest BCUT2D eigenvalue weighted by molar-refractivity contribution is 7.80. The number of carbonyl (C=O) groups is 1. The van der Waals surface area contributed by atoms with Crippen LogP contribution < -0.4 is 10.6 Å². The lowest BCUT2D eigenvalue weighted by molar-refractivity contribution is -0.116. The number of aromatic nitrogens is 2. The molecule has 3 heterocycles. The van der Waals surface area contributed by atoms with Crippen LogP contribution in [0.4, 0.5) is 5.69 Å². The minimum Gasteiger partial charge on any atom is -0.352 e. The normalized spacial score (nSPS) is 16.8. The number of fused-ring (bicyclic) bond motifs is 1. The summed E-state index contributed by atoms with van der Waals surface area (Å²) in [6, 6.07) is 32.5. The molecule has 3 aromatic carbocycles. The smallest absolute Gasteiger partial charge is 0.226 e. The summed E-state index contributed by atoms with van der Waals surface area (Å²) >= 11 is 5.84. The molecule has 1 aliphatic heterocycles. The second-order valence-electron chi connectivity index (χ2n) is 9.77. The molecule has 0 spiro atoms. The van der Waals surface area contributed by atoms with E-state index in [0.717, 1.165) is 28.3 Å². The van der Waals surface area contributed by atoms with Gasteiger partial charge in [0.1, 0.15) is 0 Å². The topological polar surface area (TPSA) is 62.2 Å². The van der Waals surface area contributed by atoms with Gasteiger partial charge in [-0.25, -0.2) is 0 Å². The fraction of sp³-hybridized carbons (Fsp3) is 0.156. The van der Waals surface area contributed by atoms with E-state index in [1.165, 1.54) is 10.8 Å². The minimum atomic E-state index is -0.160. The molecule has 6 rings (SSSR count). The van der Waals surface area contributed by atoms with Crippen molar-refractivity contribution in [1.82, 2.24) is 19.8 Å². The maximum atomic E-state index is 13.0. The van der Waals surface area contributed by atoms with E-state index < -0.39 is 0 Å². The third-order valence-electron chi connectivity index (χ3n) is 7.29. The number of hydrogen-bond donors (Lipinski definition) is 2. The van der Waals surface area contributed by atoms with E-state index in [0.29, 0.717) is 18.1 Å². The van der Waals surface area contributed by atoms with Crippen LogP contribution in [0.3, 0.4) is 0 Å². The van der Waals surface area contributed by atoms with Crippen molar-refractivity contribution in [3.05, 3.63) is 126 Å². The highest BCUT2D eigenvalue weighted by Gasteiger charge is 2.41. The monoisotopic (exact) mass is 531 g/mol. The number of nitrogens with one attached hydrogen (secondary N) is 2. The molecule has 2 aromatic heterocycles. The first-order chi connectivity index (χ1) is 19.1. The van der Waals surface area contributed by atoms with Gasteiger partial charge in [-0.1, -0.05) is 54.6 Å². The zero-order valence-electron chi connectivity index (χ0n) is 21.6. The summed E-state index contributed by atoms with van der Waals surface area (Å²) in [5.74, 6) is -0.0444. The maximum absolute atomic E-state index is 13.0. The van der Waals surface area contributed by atoms with Crippen LogP contribution >= 0.6 is 12.2 Å². The molecule has 1 fully saturated rings. The van der Waals surface area contributed by atoms with Crippen LogP contribution in [0, 0.1) is 6.92 Å². The van der Waals surface area contributed by atoms with Gasteiger partial charge in [0.05, 0.1) is 17.8 Å². The van der Waals surface area contributed by atoms with Crippen LogP contribution in [0.5, 0.6) is 0 Å². The van der Waals surface area contributed by atoms with E-state index in [1.54, 1.807) is 6.20 Å².